The zero-order valence-electron chi connectivity index (χ0n) is 11.9. The van der Waals surface area contributed by atoms with Gasteiger partial charge in [0, 0.05) is 18.6 Å². The van der Waals surface area contributed by atoms with Crippen LogP contribution in [0.25, 0.3) is 0 Å². The van der Waals surface area contributed by atoms with Gasteiger partial charge in [-0.1, -0.05) is 17.8 Å². The van der Waals surface area contributed by atoms with Crippen LogP contribution in [0.5, 0.6) is 0 Å². The number of pyridine rings is 1. The van der Waals surface area contributed by atoms with Gasteiger partial charge in [-0.3, -0.25) is 9.55 Å². The molecule has 112 valence electrons. The minimum absolute atomic E-state index is 0.122. The Labute approximate surface area is 126 Å². The van der Waals surface area contributed by atoms with Gasteiger partial charge in [-0.2, -0.15) is 0 Å². The van der Waals surface area contributed by atoms with E-state index in [1.54, 1.807) is 10.8 Å². The summed E-state index contributed by atoms with van der Waals surface area (Å²) in [4.78, 5) is 16.2. The molecule has 1 aliphatic heterocycles. The second-order valence-electron chi connectivity index (χ2n) is 5.11. The number of nitrogens with one attached hydrogen (secondary N) is 1. The Morgan fingerprint density at radius 2 is 2.48 bits per heavy atom. The summed E-state index contributed by atoms with van der Waals surface area (Å²) in [5.74, 6) is 0.697. The second-order valence-corrected chi connectivity index (χ2v) is 6.06. The lowest BCUT2D eigenvalue weighted by atomic mass is 10.2. The molecule has 2 aromatic rings. The molecular weight excluding hydrogens is 288 g/mol. The van der Waals surface area contributed by atoms with Crippen molar-refractivity contribution in [2.75, 3.05) is 6.61 Å². The molecular formula is C14H18N4O2S. The van der Waals surface area contributed by atoms with Crippen LogP contribution >= 0.6 is 11.8 Å². The van der Waals surface area contributed by atoms with Crippen molar-refractivity contribution >= 4 is 11.8 Å². The average Bonchev–Trinajstić information content (AvgIpc) is 3.11. The lowest BCUT2D eigenvalue weighted by molar-refractivity contribution is 0.0941. The highest BCUT2D eigenvalue weighted by Crippen LogP contribution is 2.22. The molecule has 1 atom stereocenters. The lowest BCUT2D eigenvalue weighted by Gasteiger charge is -2.11. The van der Waals surface area contributed by atoms with Crippen LogP contribution in [-0.2, 0) is 17.0 Å². The number of aromatic amines is 1. The molecule has 3 heterocycles. The number of hydrogen-bond donors (Lipinski definition) is 1. The second kappa shape index (κ2) is 6.44. The molecule has 1 aliphatic rings. The molecule has 2 aromatic heterocycles. The Morgan fingerprint density at radius 1 is 1.57 bits per heavy atom. The highest BCUT2D eigenvalue weighted by Gasteiger charge is 2.19. The van der Waals surface area contributed by atoms with Gasteiger partial charge in [-0.05, 0) is 31.4 Å². The van der Waals surface area contributed by atoms with Crippen LogP contribution in [0.4, 0.5) is 0 Å². The number of aromatic nitrogens is 4. The Morgan fingerprint density at radius 3 is 3.24 bits per heavy atom. The quantitative estimate of drug-likeness (QED) is 0.852. The molecule has 3 rings (SSSR count). The summed E-state index contributed by atoms with van der Waals surface area (Å²) in [5, 5.41) is 7.33. The fraction of sp³-hybridized carbons (Fsp3) is 0.500. The molecule has 0 aromatic carbocycles. The molecule has 7 heteroatoms. The first-order chi connectivity index (χ1) is 10.2. The zero-order chi connectivity index (χ0) is 14.7. The fourth-order valence-corrected chi connectivity index (χ4v) is 3.36. The Bertz CT molecular complexity index is 661. The topological polar surface area (TPSA) is 72.8 Å². The summed E-state index contributed by atoms with van der Waals surface area (Å²) in [6.45, 7) is 3.39. The molecule has 6 nitrogen and oxygen atoms in total. The van der Waals surface area contributed by atoms with Crippen molar-refractivity contribution in [3.8, 4) is 0 Å². The largest absolute Gasteiger partial charge is 0.376 e. The van der Waals surface area contributed by atoms with E-state index in [4.69, 9.17) is 4.74 Å². The first-order valence-corrected chi connectivity index (χ1v) is 8.02. The van der Waals surface area contributed by atoms with E-state index in [9.17, 15) is 4.79 Å². The Balaban J connectivity index is 1.71. The van der Waals surface area contributed by atoms with Crippen LogP contribution in [0.2, 0.25) is 0 Å². The van der Waals surface area contributed by atoms with Crippen LogP contribution in [0.1, 0.15) is 24.1 Å². The summed E-state index contributed by atoms with van der Waals surface area (Å²) >= 11 is 1.52. The summed E-state index contributed by atoms with van der Waals surface area (Å²) in [6, 6.07) is 3.96. The summed E-state index contributed by atoms with van der Waals surface area (Å²) in [6.07, 6.45) is 3.97. The maximum Gasteiger partial charge on any atom is 0.344 e. The first kappa shape index (κ1) is 14.3. The SMILES string of the molecule is Cc1cccnc1CSc1n[nH]c(=O)n1CC1CCCO1. The lowest BCUT2D eigenvalue weighted by Crippen LogP contribution is -2.25. The number of aryl methyl sites for hydroxylation is 1. The van der Waals surface area contributed by atoms with Gasteiger partial charge in [-0.15, -0.1) is 5.10 Å². The molecule has 0 radical (unpaired) electrons. The maximum atomic E-state index is 11.9. The van der Waals surface area contributed by atoms with Gasteiger partial charge in [0.15, 0.2) is 5.16 Å². The molecule has 0 aliphatic carbocycles. The van der Waals surface area contributed by atoms with Crippen molar-refractivity contribution in [2.24, 2.45) is 0 Å². The third-order valence-electron chi connectivity index (χ3n) is 3.59. The van der Waals surface area contributed by atoms with E-state index in [0.29, 0.717) is 17.5 Å². The fourth-order valence-electron chi connectivity index (χ4n) is 2.37. The van der Waals surface area contributed by atoms with Crippen molar-refractivity contribution in [1.82, 2.24) is 19.7 Å². The van der Waals surface area contributed by atoms with E-state index in [1.165, 1.54) is 11.8 Å². The predicted octanol–water partition coefficient (Wildman–Crippen LogP) is 1.75. The van der Waals surface area contributed by atoms with Crippen LogP contribution < -0.4 is 5.69 Å². The summed E-state index contributed by atoms with van der Waals surface area (Å²) in [5.41, 5.74) is 1.99. The molecule has 1 saturated heterocycles. The van der Waals surface area contributed by atoms with Gasteiger partial charge in [-0.25, -0.2) is 9.89 Å². The van der Waals surface area contributed by atoms with E-state index < -0.39 is 0 Å². The zero-order valence-corrected chi connectivity index (χ0v) is 12.7. The van der Waals surface area contributed by atoms with Gasteiger partial charge in [0.05, 0.1) is 18.3 Å². The minimum Gasteiger partial charge on any atom is -0.376 e. The average molecular weight is 306 g/mol. The van der Waals surface area contributed by atoms with Gasteiger partial charge < -0.3 is 4.74 Å². The Hall–Kier alpha value is -1.60. The predicted molar refractivity (Wildman–Crippen MR) is 80.4 cm³/mol. The number of nitrogens with zero attached hydrogens (tertiary/aromatic N) is 3. The number of ether oxygens (including phenoxy) is 1. The Kier molecular flexibility index (Phi) is 4.40. The third kappa shape index (κ3) is 3.36. The van der Waals surface area contributed by atoms with Crippen molar-refractivity contribution in [1.29, 1.82) is 0 Å². The summed E-state index contributed by atoms with van der Waals surface area (Å²) in [7, 11) is 0. The van der Waals surface area contributed by atoms with Gasteiger partial charge >= 0.3 is 5.69 Å². The number of rotatable bonds is 5. The maximum absolute atomic E-state index is 11.9. The molecule has 1 fully saturated rings. The third-order valence-corrected chi connectivity index (χ3v) is 4.58. The first-order valence-electron chi connectivity index (χ1n) is 7.04. The van der Waals surface area contributed by atoms with Gasteiger partial charge in [0.1, 0.15) is 0 Å². The molecule has 21 heavy (non-hydrogen) atoms. The van der Waals surface area contributed by atoms with Crippen LogP contribution in [0.15, 0.2) is 28.3 Å². The standard InChI is InChI=1S/C14H18N4O2S/c1-10-4-2-6-15-12(10)9-21-14-17-16-13(19)18(14)8-11-5-3-7-20-11/h2,4,6,11H,3,5,7-9H2,1H3,(H,16,19). The highest BCUT2D eigenvalue weighted by molar-refractivity contribution is 7.98. The van der Waals surface area contributed by atoms with E-state index in [0.717, 1.165) is 30.7 Å². The van der Waals surface area contributed by atoms with E-state index >= 15 is 0 Å². The van der Waals surface area contributed by atoms with Crippen molar-refractivity contribution in [3.63, 3.8) is 0 Å². The highest BCUT2D eigenvalue weighted by atomic mass is 32.2. The van der Waals surface area contributed by atoms with Crippen LogP contribution in [0, 0.1) is 6.92 Å². The van der Waals surface area contributed by atoms with Gasteiger partial charge in [0.2, 0.25) is 0 Å². The molecule has 0 spiro atoms. The van der Waals surface area contributed by atoms with Crippen molar-refractivity contribution in [3.05, 3.63) is 40.1 Å². The van der Waals surface area contributed by atoms with E-state index in [-0.39, 0.29) is 11.8 Å². The monoisotopic (exact) mass is 306 g/mol. The van der Waals surface area contributed by atoms with Crippen molar-refractivity contribution in [2.45, 2.75) is 43.3 Å². The smallest absolute Gasteiger partial charge is 0.344 e. The summed E-state index contributed by atoms with van der Waals surface area (Å²) < 4.78 is 7.26. The minimum atomic E-state index is -0.175. The van der Waals surface area contributed by atoms with Gasteiger partial charge in [0.25, 0.3) is 0 Å². The molecule has 1 N–H and O–H groups in total. The number of thioether (sulfide) groups is 1. The molecule has 0 saturated carbocycles. The van der Waals surface area contributed by atoms with Crippen LogP contribution in [0.3, 0.4) is 0 Å². The number of hydrogen-bond acceptors (Lipinski definition) is 5. The van der Waals surface area contributed by atoms with E-state index in [1.807, 2.05) is 19.1 Å². The normalized spacial score (nSPS) is 18.2. The molecule has 0 amide bonds. The van der Waals surface area contributed by atoms with Crippen LogP contribution in [-0.4, -0.2) is 32.5 Å². The van der Waals surface area contributed by atoms with E-state index in [2.05, 4.69) is 15.2 Å². The molecule has 0 bridgehead atoms. The molecule has 1 unspecified atom stereocenters. The van der Waals surface area contributed by atoms with Crippen molar-refractivity contribution < 1.29 is 4.74 Å². The number of H-pyrrole nitrogens is 1.